The van der Waals surface area contributed by atoms with E-state index in [-0.39, 0.29) is 0 Å². The van der Waals surface area contributed by atoms with E-state index in [0.717, 1.165) is 39.0 Å². The smallest absolute Gasteiger partial charge is 0.137 e. The zero-order valence-electron chi connectivity index (χ0n) is 27.7. The highest BCUT2D eigenvalue weighted by molar-refractivity contribution is 7.25. The number of hydrogen-bond acceptors (Lipinski definition) is 3. The maximum Gasteiger partial charge on any atom is 0.137 e. The van der Waals surface area contributed by atoms with Gasteiger partial charge in [-0.25, -0.2) is 0 Å². The van der Waals surface area contributed by atoms with Gasteiger partial charge < -0.3 is 9.32 Å². The summed E-state index contributed by atoms with van der Waals surface area (Å²) < 4.78 is 9.01. The van der Waals surface area contributed by atoms with Crippen molar-refractivity contribution in [3.63, 3.8) is 0 Å². The topological polar surface area (TPSA) is 16.4 Å². The predicted octanol–water partition coefficient (Wildman–Crippen LogP) is 14.4. The lowest BCUT2D eigenvalue weighted by atomic mass is 9.98. The van der Waals surface area contributed by atoms with Crippen LogP contribution in [0, 0.1) is 0 Å². The van der Waals surface area contributed by atoms with Crippen molar-refractivity contribution in [3.8, 4) is 33.4 Å². The number of furan rings is 1. The second kappa shape index (κ2) is 12.2. The number of anilines is 3. The Labute approximate surface area is 300 Å². The van der Waals surface area contributed by atoms with Gasteiger partial charge in [-0.1, -0.05) is 140 Å². The van der Waals surface area contributed by atoms with E-state index in [1.807, 2.05) is 17.4 Å². The summed E-state index contributed by atoms with van der Waals surface area (Å²) >= 11 is 1.85. The van der Waals surface area contributed by atoms with Crippen LogP contribution in [0.4, 0.5) is 17.1 Å². The number of benzene rings is 8. The molecule has 3 heteroatoms. The number of hydrogen-bond donors (Lipinski definition) is 0. The first-order valence-electron chi connectivity index (χ1n) is 17.3. The van der Waals surface area contributed by atoms with Crippen molar-refractivity contribution in [3.05, 3.63) is 188 Å². The van der Waals surface area contributed by atoms with Crippen molar-refractivity contribution in [2.24, 2.45) is 0 Å². The molecule has 0 aliphatic heterocycles. The molecule has 2 aromatic heterocycles. The lowest BCUT2D eigenvalue weighted by molar-refractivity contribution is 0.669. The third-order valence-electron chi connectivity index (χ3n) is 9.91. The fraction of sp³-hybridized carbons (Fsp3) is 0. The standard InChI is InChI=1S/C48H31NOS/c1-2-11-32(12-3-1)33-21-23-34(24-22-33)35-25-28-37(29-26-35)49(43-17-10-19-45-48(43)41-15-5-8-18-44(41)50-45)42-16-7-4-13-38(42)36-27-30-40-39-14-6-9-20-46(39)51-47(40)31-36/h1-31H. The van der Waals surface area contributed by atoms with Crippen LogP contribution in [0.2, 0.25) is 0 Å². The molecule has 8 aromatic carbocycles. The third kappa shape index (κ3) is 5.10. The Morgan fingerprint density at radius 3 is 1.75 bits per heavy atom. The van der Waals surface area contributed by atoms with Gasteiger partial charge in [-0.2, -0.15) is 0 Å². The summed E-state index contributed by atoms with van der Waals surface area (Å²) in [5.41, 5.74) is 12.2. The molecule has 0 unspecified atom stereocenters. The van der Waals surface area contributed by atoms with E-state index in [2.05, 4.69) is 187 Å². The molecule has 0 bridgehead atoms. The molecule has 0 N–H and O–H groups in total. The van der Waals surface area contributed by atoms with E-state index in [1.165, 1.54) is 53.6 Å². The molecule has 0 aliphatic rings. The molecule has 0 spiro atoms. The molecule has 10 aromatic rings. The Kier molecular flexibility index (Phi) is 7.04. The number of fused-ring (bicyclic) bond motifs is 6. The van der Waals surface area contributed by atoms with Crippen LogP contribution in [0.5, 0.6) is 0 Å². The summed E-state index contributed by atoms with van der Waals surface area (Å²) in [5.74, 6) is 0. The molecule has 10 rings (SSSR count). The van der Waals surface area contributed by atoms with Gasteiger partial charge in [0.15, 0.2) is 0 Å². The van der Waals surface area contributed by atoms with Crippen LogP contribution in [0.1, 0.15) is 0 Å². The second-order valence-electron chi connectivity index (χ2n) is 12.9. The fourth-order valence-electron chi connectivity index (χ4n) is 7.45. The second-order valence-corrected chi connectivity index (χ2v) is 14.0. The first-order chi connectivity index (χ1) is 25.3. The van der Waals surface area contributed by atoms with Crippen LogP contribution in [-0.4, -0.2) is 0 Å². The average molecular weight is 670 g/mol. The van der Waals surface area contributed by atoms with Crippen LogP contribution in [-0.2, 0) is 0 Å². The average Bonchev–Trinajstić information content (AvgIpc) is 3.77. The maximum absolute atomic E-state index is 6.40. The quantitative estimate of drug-likeness (QED) is 0.175. The Balaban J connectivity index is 1.13. The number of para-hydroxylation sites is 2. The summed E-state index contributed by atoms with van der Waals surface area (Å²) in [6.45, 7) is 0. The molecule has 0 atom stereocenters. The van der Waals surface area contributed by atoms with Crippen molar-refractivity contribution in [2.75, 3.05) is 4.90 Å². The van der Waals surface area contributed by atoms with Crippen LogP contribution in [0.25, 0.3) is 75.5 Å². The number of thiophene rings is 1. The van der Waals surface area contributed by atoms with Crippen molar-refractivity contribution in [1.82, 2.24) is 0 Å². The van der Waals surface area contributed by atoms with Gasteiger partial charge in [0.05, 0.1) is 16.8 Å². The molecule has 0 saturated heterocycles. The van der Waals surface area contributed by atoms with Gasteiger partial charge in [-0.15, -0.1) is 11.3 Å². The minimum atomic E-state index is 0.873. The van der Waals surface area contributed by atoms with E-state index < -0.39 is 0 Å². The Bertz CT molecular complexity index is 2850. The number of nitrogens with zero attached hydrogens (tertiary/aromatic N) is 1. The van der Waals surface area contributed by atoms with Gasteiger partial charge in [0, 0.05) is 36.8 Å². The van der Waals surface area contributed by atoms with Crippen LogP contribution in [0.15, 0.2) is 192 Å². The van der Waals surface area contributed by atoms with Crippen LogP contribution in [0.3, 0.4) is 0 Å². The lowest BCUT2D eigenvalue weighted by Gasteiger charge is -2.28. The van der Waals surface area contributed by atoms with Crippen LogP contribution >= 0.6 is 11.3 Å². The molecule has 0 fully saturated rings. The van der Waals surface area contributed by atoms with Crippen molar-refractivity contribution < 1.29 is 4.42 Å². The van der Waals surface area contributed by atoms with Crippen molar-refractivity contribution in [1.29, 1.82) is 0 Å². The minimum absolute atomic E-state index is 0.873. The molecular formula is C48H31NOS. The molecule has 2 nitrogen and oxygen atoms in total. The van der Waals surface area contributed by atoms with Gasteiger partial charge in [-0.05, 0) is 76.3 Å². The van der Waals surface area contributed by atoms with E-state index in [9.17, 15) is 0 Å². The molecule has 0 radical (unpaired) electrons. The highest BCUT2D eigenvalue weighted by Crippen LogP contribution is 2.47. The summed E-state index contributed by atoms with van der Waals surface area (Å²) in [7, 11) is 0. The van der Waals surface area contributed by atoms with Gasteiger partial charge in [0.2, 0.25) is 0 Å². The molecule has 0 saturated carbocycles. The summed E-state index contributed by atoms with van der Waals surface area (Å²) in [5, 5.41) is 4.82. The predicted molar refractivity (Wildman–Crippen MR) is 218 cm³/mol. The monoisotopic (exact) mass is 669 g/mol. The Morgan fingerprint density at radius 1 is 0.373 bits per heavy atom. The molecule has 0 aliphatic carbocycles. The largest absolute Gasteiger partial charge is 0.456 e. The fourth-order valence-corrected chi connectivity index (χ4v) is 8.59. The van der Waals surface area contributed by atoms with Crippen molar-refractivity contribution in [2.45, 2.75) is 0 Å². The molecule has 0 amide bonds. The van der Waals surface area contributed by atoms with Gasteiger partial charge in [0.1, 0.15) is 11.2 Å². The molecule has 51 heavy (non-hydrogen) atoms. The Morgan fingerprint density at radius 2 is 0.941 bits per heavy atom. The zero-order valence-corrected chi connectivity index (χ0v) is 28.5. The van der Waals surface area contributed by atoms with E-state index in [0.29, 0.717) is 0 Å². The van der Waals surface area contributed by atoms with Crippen LogP contribution < -0.4 is 4.90 Å². The summed E-state index contributed by atoms with van der Waals surface area (Å²) in [4.78, 5) is 2.40. The first kappa shape index (κ1) is 29.5. The third-order valence-corrected chi connectivity index (χ3v) is 11.0. The van der Waals surface area contributed by atoms with Gasteiger partial charge in [-0.3, -0.25) is 0 Å². The highest BCUT2D eigenvalue weighted by atomic mass is 32.1. The molecule has 2 heterocycles. The lowest BCUT2D eigenvalue weighted by Crippen LogP contribution is -2.11. The van der Waals surface area contributed by atoms with Crippen molar-refractivity contribution >= 4 is 70.5 Å². The van der Waals surface area contributed by atoms with Gasteiger partial charge >= 0.3 is 0 Å². The maximum atomic E-state index is 6.40. The Hall–Kier alpha value is -6.42. The van der Waals surface area contributed by atoms with E-state index in [4.69, 9.17) is 4.42 Å². The normalized spacial score (nSPS) is 11.5. The summed E-state index contributed by atoms with van der Waals surface area (Å²) in [6, 6.07) is 67.4. The SMILES string of the molecule is c1ccc(-c2ccc(-c3ccc(N(c4ccccc4-c4ccc5c(c4)sc4ccccc45)c4cccc5oc6ccccc6c45)cc3)cc2)cc1. The number of rotatable bonds is 6. The first-order valence-corrected chi connectivity index (χ1v) is 18.1. The minimum Gasteiger partial charge on any atom is -0.456 e. The highest BCUT2D eigenvalue weighted by Gasteiger charge is 2.22. The molecule has 240 valence electrons. The van der Waals surface area contributed by atoms with Gasteiger partial charge in [0.25, 0.3) is 0 Å². The van der Waals surface area contributed by atoms with E-state index >= 15 is 0 Å². The summed E-state index contributed by atoms with van der Waals surface area (Å²) in [6.07, 6.45) is 0. The zero-order chi connectivity index (χ0) is 33.7. The van der Waals surface area contributed by atoms with E-state index in [1.54, 1.807) is 0 Å². The molecular weight excluding hydrogens is 639 g/mol.